The predicted molar refractivity (Wildman–Crippen MR) is 105 cm³/mol. The van der Waals surface area contributed by atoms with Gasteiger partial charge >= 0.3 is 0 Å². The molecule has 2 saturated carbocycles. The molecule has 2 bridgehead atoms. The van der Waals surface area contributed by atoms with Crippen LogP contribution in [0.25, 0.3) is 0 Å². The van der Waals surface area contributed by atoms with Crippen LogP contribution in [0.1, 0.15) is 32.6 Å². The van der Waals surface area contributed by atoms with Gasteiger partial charge in [-0.3, -0.25) is 4.79 Å². The zero-order valence-electron chi connectivity index (χ0n) is 15.9. The maximum Gasteiger partial charge on any atom is 0.243 e. The molecule has 1 heterocycles. The number of hydrogen-bond acceptors (Lipinski definition) is 4. The lowest BCUT2D eigenvalue weighted by Crippen LogP contribution is -2.48. The molecule has 0 aromatic heterocycles. The molecule has 1 saturated heterocycles. The molecule has 3 unspecified atom stereocenters. The number of likely N-dealkylation sites (N-methyl/N-ethyl adjacent to an activating group) is 1. The summed E-state index contributed by atoms with van der Waals surface area (Å²) in [6.45, 7) is 5.64. The Labute approximate surface area is 162 Å². The summed E-state index contributed by atoms with van der Waals surface area (Å²) in [6.07, 6.45) is 4.64. The van der Waals surface area contributed by atoms with Crippen molar-refractivity contribution in [3.8, 4) is 0 Å². The van der Waals surface area contributed by atoms with Crippen LogP contribution in [-0.4, -0.2) is 56.3 Å². The first kappa shape index (κ1) is 18.9. The van der Waals surface area contributed by atoms with Gasteiger partial charge in [-0.2, -0.15) is 4.31 Å². The third-order valence-corrected chi connectivity index (χ3v) is 8.53. The van der Waals surface area contributed by atoms with Gasteiger partial charge in [0.2, 0.25) is 15.9 Å². The minimum absolute atomic E-state index is 0.0912. The number of carbonyl (C=O) groups excluding carboxylic acids is 1. The molecule has 7 heteroatoms. The highest BCUT2D eigenvalue weighted by Gasteiger charge is 2.43. The molecule has 4 rings (SSSR count). The number of nitrogens with one attached hydrogen (secondary N) is 1. The van der Waals surface area contributed by atoms with E-state index in [2.05, 4.69) is 17.1 Å². The average molecular weight is 392 g/mol. The fourth-order valence-corrected chi connectivity index (χ4v) is 6.37. The number of rotatable bonds is 5. The summed E-state index contributed by atoms with van der Waals surface area (Å²) in [7, 11) is -3.47. The summed E-state index contributed by atoms with van der Waals surface area (Å²) in [5, 5.41) is 2.99. The SMILES string of the molecule is CCN1CCN(S(=O)(=O)c2ccc(NC(=O)C3CC4CCC3C4)cc2)CC1. The molecule has 148 valence electrons. The van der Waals surface area contributed by atoms with Crippen molar-refractivity contribution in [2.45, 2.75) is 37.5 Å². The number of fused-ring (bicyclic) bond motifs is 2. The van der Waals surface area contributed by atoms with Crippen molar-refractivity contribution in [3.63, 3.8) is 0 Å². The van der Waals surface area contributed by atoms with E-state index in [1.165, 1.54) is 19.3 Å². The minimum Gasteiger partial charge on any atom is -0.326 e. The van der Waals surface area contributed by atoms with Crippen molar-refractivity contribution in [3.05, 3.63) is 24.3 Å². The van der Waals surface area contributed by atoms with Crippen molar-refractivity contribution in [1.29, 1.82) is 0 Å². The van der Waals surface area contributed by atoms with Crippen LogP contribution < -0.4 is 5.32 Å². The number of piperazine rings is 1. The second-order valence-electron chi connectivity index (χ2n) is 8.13. The van der Waals surface area contributed by atoms with E-state index in [0.29, 0.717) is 29.6 Å². The molecule has 2 aliphatic carbocycles. The van der Waals surface area contributed by atoms with E-state index >= 15 is 0 Å². The van der Waals surface area contributed by atoms with Gasteiger partial charge in [-0.1, -0.05) is 13.3 Å². The monoisotopic (exact) mass is 391 g/mol. The van der Waals surface area contributed by atoms with Crippen molar-refractivity contribution >= 4 is 21.6 Å². The van der Waals surface area contributed by atoms with Crippen molar-refractivity contribution < 1.29 is 13.2 Å². The lowest BCUT2D eigenvalue weighted by molar-refractivity contribution is -0.121. The second-order valence-corrected chi connectivity index (χ2v) is 10.1. The zero-order valence-corrected chi connectivity index (χ0v) is 16.7. The lowest BCUT2D eigenvalue weighted by atomic mass is 9.88. The van der Waals surface area contributed by atoms with Crippen LogP contribution in [0.5, 0.6) is 0 Å². The largest absolute Gasteiger partial charge is 0.326 e. The summed E-state index contributed by atoms with van der Waals surface area (Å²) in [4.78, 5) is 15.1. The van der Waals surface area contributed by atoms with Gasteiger partial charge in [0.25, 0.3) is 0 Å². The van der Waals surface area contributed by atoms with Gasteiger partial charge in [0.15, 0.2) is 0 Å². The number of benzene rings is 1. The Morgan fingerprint density at radius 3 is 2.33 bits per heavy atom. The highest BCUT2D eigenvalue weighted by Crippen LogP contribution is 2.48. The van der Waals surface area contributed by atoms with Crippen molar-refractivity contribution in [2.75, 3.05) is 38.0 Å². The highest BCUT2D eigenvalue weighted by molar-refractivity contribution is 7.89. The van der Waals surface area contributed by atoms with Crippen LogP contribution in [0.3, 0.4) is 0 Å². The summed E-state index contributed by atoms with van der Waals surface area (Å²) >= 11 is 0. The first-order valence-electron chi connectivity index (χ1n) is 10.1. The van der Waals surface area contributed by atoms with Gasteiger partial charge < -0.3 is 10.2 Å². The number of amides is 1. The third kappa shape index (κ3) is 3.77. The van der Waals surface area contributed by atoms with Crippen LogP contribution in [0, 0.1) is 17.8 Å². The Morgan fingerprint density at radius 2 is 1.78 bits per heavy atom. The standard InChI is InChI=1S/C20H29N3O3S/c1-2-22-9-11-23(12-10-22)27(25,26)18-7-5-17(6-8-18)21-20(24)19-14-15-3-4-16(19)13-15/h5-8,15-16,19H,2-4,9-14H2,1H3,(H,21,24). The molecule has 1 N–H and O–H groups in total. The van der Waals surface area contributed by atoms with Gasteiger partial charge in [-0.15, -0.1) is 0 Å². The van der Waals surface area contributed by atoms with Gasteiger partial charge in [0.05, 0.1) is 4.90 Å². The van der Waals surface area contributed by atoms with Crippen LogP contribution in [0.15, 0.2) is 29.2 Å². The van der Waals surface area contributed by atoms with E-state index in [-0.39, 0.29) is 11.8 Å². The first-order chi connectivity index (χ1) is 13.0. The van der Waals surface area contributed by atoms with Crippen LogP contribution in [0.4, 0.5) is 5.69 Å². The Hall–Kier alpha value is -1.44. The molecule has 0 spiro atoms. The molecule has 27 heavy (non-hydrogen) atoms. The molecule has 1 aromatic carbocycles. The maximum atomic E-state index is 12.8. The van der Waals surface area contributed by atoms with Crippen LogP contribution in [0.2, 0.25) is 0 Å². The molecule has 1 aromatic rings. The van der Waals surface area contributed by atoms with E-state index in [1.54, 1.807) is 28.6 Å². The molecule has 3 atom stereocenters. The Morgan fingerprint density at radius 1 is 1.07 bits per heavy atom. The second kappa shape index (κ2) is 7.53. The molecular formula is C20H29N3O3S. The number of anilines is 1. The number of nitrogens with zero attached hydrogens (tertiary/aromatic N) is 2. The van der Waals surface area contributed by atoms with Gasteiger partial charge in [-0.25, -0.2) is 8.42 Å². The predicted octanol–water partition coefficient (Wildman–Crippen LogP) is 2.39. The van der Waals surface area contributed by atoms with Crippen molar-refractivity contribution in [2.24, 2.45) is 17.8 Å². The molecule has 1 aliphatic heterocycles. The average Bonchev–Trinajstić information content (AvgIpc) is 3.32. The molecule has 0 radical (unpaired) electrons. The topological polar surface area (TPSA) is 69.7 Å². The lowest BCUT2D eigenvalue weighted by Gasteiger charge is -2.33. The molecule has 3 aliphatic rings. The van der Waals surface area contributed by atoms with E-state index in [4.69, 9.17) is 0 Å². The molecule has 3 fully saturated rings. The smallest absolute Gasteiger partial charge is 0.243 e. The highest BCUT2D eigenvalue weighted by atomic mass is 32.2. The summed E-state index contributed by atoms with van der Waals surface area (Å²) in [5.41, 5.74) is 0.678. The molecule has 6 nitrogen and oxygen atoms in total. The van der Waals surface area contributed by atoms with E-state index in [1.807, 2.05) is 0 Å². The fourth-order valence-electron chi connectivity index (χ4n) is 4.95. The fraction of sp³-hybridized carbons (Fsp3) is 0.650. The number of sulfonamides is 1. The number of hydrogen-bond donors (Lipinski definition) is 1. The van der Waals surface area contributed by atoms with Crippen molar-refractivity contribution in [1.82, 2.24) is 9.21 Å². The van der Waals surface area contributed by atoms with Crippen LogP contribution >= 0.6 is 0 Å². The minimum atomic E-state index is -3.47. The van der Waals surface area contributed by atoms with E-state index in [0.717, 1.165) is 32.0 Å². The normalized spacial score (nSPS) is 29.1. The van der Waals surface area contributed by atoms with E-state index < -0.39 is 10.0 Å². The van der Waals surface area contributed by atoms with Gasteiger partial charge in [-0.05, 0) is 61.9 Å². The Kier molecular flexibility index (Phi) is 5.27. The van der Waals surface area contributed by atoms with Crippen LogP contribution in [-0.2, 0) is 14.8 Å². The molecule has 1 amide bonds. The summed E-state index contributed by atoms with van der Waals surface area (Å²) < 4.78 is 27.2. The Balaban J connectivity index is 1.39. The molecular weight excluding hydrogens is 362 g/mol. The Bertz CT molecular complexity index is 785. The first-order valence-corrected chi connectivity index (χ1v) is 11.5. The number of carbonyl (C=O) groups is 1. The zero-order chi connectivity index (χ0) is 19.0. The van der Waals surface area contributed by atoms with Gasteiger partial charge in [0.1, 0.15) is 0 Å². The summed E-state index contributed by atoms with van der Waals surface area (Å²) in [5.74, 6) is 1.48. The third-order valence-electron chi connectivity index (χ3n) is 6.61. The van der Waals surface area contributed by atoms with E-state index in [9.17, 15) is 13.2 Å². The quantitative estimate of drug-likeness (QED) is 0.837. The summed E-state index contributed by atoms with van der Waals surface area (Å²) in [6, 6.07) is 6.64. The van der Waals surface area contributed by atoms with Gasteiger partial charge in [0, 0.05) is 37.8 Å². The maximum absolute atomic E-state index is 12.8.